The van der Waals surface area contributed by atoms with Gasteiger partial charge >= 0.3 is 0 Å². The SMILES string of the molecule is CCOc1cc(N2CCOCC2)c(OCC)cc1NC(=O)Cc1sc(-c2cccnc2)nc1-c1ccc(C)cc1. The summed E-state index contributed by atoms with van der Waals surface area (Å²) < 4.78 is 17.5. The van der Waals surface area contributed by atoms with Gasteiger partial charge in [0.25, 0.3) is 0 Å². The van der Waals surface area contributed by atoms with Gasteiger partial charge in [-0.25, -0.2) is 4.98 Å². The van der Waals surface area contributed by atoms with Crippen LogP contribution >= 0.6 is 11.3 Å². The summed E-state index contributed by atoms with van der Waals surface area (Å²) in [5.74, 6) is 1.16. The van der Waals surface area contributed by atoms with Gasteiger partial charge < -0.3 is 24.4 Å². The van der Waals surface area contributed by atoms with Gasteiger partial charge in [-0.15, -0.1) is 11.3 Å². The average Bonchev–Trinajstić information content (AvgIpc) is 3.39. The Balaban J connectivity index is 1.45. The van der Waals surface area contributed by atoms with Gasteiger partial charge in [-0.3, -0.25) is 9.78 Å². The van der Waals surface area contributed by atoms with Crippen molar-refractivity contribution < 1.29 is 19.0 Å². The molecule has 4 aromatic rings. The number of nitrogens with one attached hydrogen (secondary N) is 1. The largest absolute Gasteiger partial charge is 0.492 e. The molecule has 1 N–H and O–H groups in total. The van der Waals surface area contributed by atoms with Crippen LogP contribution in [-0.2, 0) is 16.0 Å². The third-order valence-corrected chi connectivity index (χ3v) is 7.64. The van der Waals surface area contributed by atoms with Gasteiger partial charge in [-0.2, -0.15) is 0 Å². The number of anilines is 2. The predicted molar refractivity (Wildman–Crippen MR) is 160 cm³/mol. The van der Waals surface area contributed by atoms with E-state index in [0.717, 1.165) is 45.5 Å². The van der Waals surface area contributed by atoms with Crippen LogP contribution in [0.1, 0.15) is 24.3 Å². The molecule has 0 atom stereocenters. The second-order valence-electron chi connectivity index (χ2n) is 9.41. The fourth-order valence-electron chi connectivity index (χ4n) is 4.61. The second kappa shape index (κ2) is 12.9. The molecule has 1 saturated heterocycles. The van der Waals surface area contributed by atoms with Gasteiger partial charge in [0, 0.05) is 53.6 Å². The van der Waals surface area contributed by atoms with Crippen LogP contribution in [0.4, 0.5) is 11.4 Å². The van der Waals surface area contributed by atoms with Crippen LogP contribution in [0.5, 0.6) is 11.5 Å². The normalized spacial score (nSPS) is 13.2. The number of ether oxygens (including phenoxy) is 3. The fraction of sp³-hybridized carbons (Fsp3) is 0.323. The van der Waals surface area contributed by atoms with E-state index in [9.17, 15) is 4.79 Å². The third kappa shape index (κ3) is 6.43. The zero-order chi connectivity index (χ0) is 27.9. The summed E-state index contributed by atoms with van der Waals surface area (Å²) in [7, 11) is 0. The lowest BCUT2D eigenvalue weighted by Crippen LogP contribution is -2.36. The maximum Gasteiger partial charge on any atom is 0.229 e. The minimum Gasteiger partial charge on any atom is -0.492 e. The van der Waals surface area contributed by atoms with Gasteiger partial charge in [0.05, 0.1) is 49.9 Å². The van der Waals surface area contributed by atoms with Crippen LogP contribution in [0.15, 0.2) is 60.9 Å². The number of benzene rings is 2. The summed E-state index contributed by atoms with van der Waals surface area (Å²) in [5.41, 5.74) is 5.40. The molecule has 0 unspecified atom stereocenters. The number of morpholine rings is 1. The standard InChI is InChI=1S/C31H34N4O4S/c1-4-38-26-18-25(35-13-15-37-16-14-35)27(39-5-2)17-24(26)33-29(36)19-28-30(22-10-8-21(3)9-11-22)34-31(40-28)23-7-6-12-32-20-23/h6-12,17-18,20H,4-5,13-16,19H2,1-3H3,(H,33,36). The summed E-state index contributed by atoms with van der Waals surface area (Å²) in [6, 6.07) is 15.9. The molecular formula is C31H34N4O4S. The van der Waals surface area contributed by atoms with E-state index in [1.165, 1.54) is 16.9 Å². The zero-order valence-electron chi connectivity index (χ0n) is 23.1. The van der Waals surface area contributed by atoms with E-state index in [1.807, 2.05) is 50.2 Å². The first-order valence-corrected chi connectivity index (χ1v) is 14.4. The lowest BCUT2D eigenvalue weighted by Gasteiger charge is -2.31. The smallest absolute Gasteiger partial charge is 0.229 e. The summed E-state index contributed by atoms with van der Waals surface area (Å²) in [4.78, 5) is 25.8. The van der Waals surface area contributed by atoms with Crippen molar-refractivity contribution in [3.8, 4) is 33.3 Å². The molecule has 8 nitrogen and oxygen atoms in total. The van der Waals surface area contributed by atoms with Crippen LogP contribution in [0, 0.1) is 6.92 Å². The Labute approximate surface area is 239 Å². The first kappa shape index (κ1) is 27.6. The van der Waals surface area contributed by atoms with Gasteiger partial charge in [-0.1, -0.05) is 29.8 Å². The molecule has 2 aromatic carbocycles. The number of rotatable bonds is 10. The Hall–Kier alpha value is -3.95. The Kier molecular flexibility index (Phi) is 8.93. The van der Waals surface area contributed by atoms with Crippen molar-refractivity contribution in [1.82, 2.24) is 9.97 Å². The minimum absolute atomic E-state index is 0.155. The number of hydrogen-bond donors (Lipinski definition) is 1. The van der Waals surface area contributed by atoms with Crippen molar-refractivity contribution in [3.05, 3.63) is 71.4 Å². The van der Waals surface area contributed by atoms with E-state index in [1.54, 1.807) is 12.4 Å². The zero-order valence-corrected chi connectivity index (χ0v) is 23.9. The van der Waals surface area contributed by atoms with E-state index in [2.05, 4.69) is 34.3 Å². The van der Waals surface area contributed by atoms with Gasteiger partial charge in [0.2, 0.25) is 5.91 Å². The number of thiazole rings is 1. The van der Waals surface area contributed by atoms with Gasteiger partial charge in [-0.05, 0) is 32.9 Å². The molecule has 5 rings (SSSR count). The van der Waals surface area contributed by atoms with E-state index in [0.29, 0.717) is 43.6 Å². The molecule has 0 bridgehead atoms. The fourth-order valence-corrected chi connectivity index (χ4v) is 5.68. The highest BCUT2D eigenvalue weighted by Crippen LogP contribution is 2.40. The molecule has 0 saturated carbocycles. The first-order chi connectivity index (χ1) is 19.6. The number of nitrogens with zero attached hydrogens (tertiary/aromatic N) is 3. The Morgan fingerprint density at radius 2 is 1.77 bits per heavy atom. The number of carbonyl (C=O) groups is 1. The molecule has 3 heterocycles. The number of pyridine rings is 1. The van der Waals surface area contributed by atoms with Crippen LogP contribution in [-0.4, -0.2) is 55.4 Å². The Bertz CT molecular complexity index is 1430. The average molecular weight is 559 g/mol. The van der Waals surface area contributed by atoms with Crippen LogP contribution in [0.2, 0.25) is 0 Å². The van der Waals surface area contributed by atoms with Crippen LogP contribution < -0.4 is 19.7 Å². The summed E-state index contributed by atoms with van der Waals surface area (Å²) in [6.45, 7) is 9.78. The maximum atomic E-state index is 13.5. The Morgan fingerprint density at radius 1 is 1.02 bits per heavy atom. The van der Waals surface area contributed by atoms with E-state index < -0.39 is 0 Å². The molecule has 208 valence electrons. The van der Waals surface area contributed by atoms with Crippen LogP contribution in [0.25, 0.3) is 21.8 Å². The highest BCUT2D eigenvalue weighted by molar-refractivity contribution is 7.15. The highest BCUT2D eigenvalue weighted by Gasteiger charge is 2.22. The number of hydrogen-bond acceptors (Lipinski definition) is 8. The Morgan fingerprint density at radius 3 is 2.48 bits per heavy atom. The topological polar surface area (TPSA) is 85.8 Å². The van der Waals surface area contributed by atoms with Crippen molar-refractivity contribution in [2.24, 2.45) is 0 Å². The molecule has 1 aliphatic heterocycles. The molecule has 1 fully saturated rings. The summed E-state index contributed by atoms with van der Waals surface area (Å²) in [6.07, 6.45) is 3.70. The molecule has 0 radical (unpaired) electrons. The molecule has 2 aromatic heterocycles. The number of aromatic nitrogens is 2. The molecule has 0 spiro atoms. The lowest BCUT2D eigenvalue weighted by atomic mass is 10.1. The molecule has 0 aliphatic carbocycles. The van der Waals surface area contributed by atoms with Crippen LogP contribution in [0.3, 0.4) is 0 Å². The van der Waals surface area contributed by atoms with Crippen molar-refractivity contribution >= 4 is 28.6 Å². The van der Waals surface area contributed by atoms with Crippen molar-refractivity contribution in [3.63, 3.8) is 0 Å². The highest BCUT2D eigenvalue weighted by atomic mass is 32.1. The third-order valence-electron chi connectivity index (χ3n) is 6.54. The molecule has 40 heavy (non-hydrogen) atoms. The van der Waals surface area contributed by atoms with E-state index in [4.69, 9.17) is 19.2 Å². The quantitative estimate of drug-likeness (QED) is 0.256. The van der Waals surface area contributed by atoms with Crippen molar-refractivity contribution in [1.29, 1.82) is 0 Å². The molecule has 1 aliphatic rings. The van der Waals surface area contributed by atoms with Gasteiger partial charge in [0.15, 0.2) is 0 Å². The lowest BCUT2D eigenvalue weighted by molar-refractivity contribution is -0.115. The predicted octanol–water partition coefficient (Wildman–Crippen LogP) is 6.00. The number of aryl methyl sites for hydroxylation is 1. The maximum absolute atomic E-state index is 13.5. The molecule has 9 heteroatoms. The minimum atomic E-state index is -0.155. The van der Waals surface area contributed by atoms with Crippen molar-refractivity contribution in [2.75, 3.05) is 49.7 Å². The summed E-state index contributed by atoms with van der Waals surface area (Å²) in [5, 5.41) is 3.92. The number of carbonyl (C=O) groups excluding carboxylic acids is 1. The molecular weight excluding hydrogens is 524 g/mol. The number of amides is 1. The van der Waals surface area contributed by atoms with Gasteiger partial charge in [0.1, 0.15) is 16.5 Å². The van der Waals surface area contributed by atoms with Crippen molar-refractivity contribution in [2.45, 2.75) is 27.2 Å². The monoisotopic (exact) mass is 558 g/mol. The summed E-state index contributed by atoms with van der Waals surface area (Å²) >= 11 is 1.51. The molecule has 1 amide bonds. The van der Waals surface area contributed by atoms with E-state index >= 15 is 0 Å². The first-order valence-electron chi connectivity index (χ1n) is 13.6. The second-order valence-corrected chi connectivity index (χ2v) is 10.5. The van der Waals surface area contributed by atoms with E-state index in [-0.39, 0.29) is 12.3 Å².